The van der Waals surface area contributed by atoms with Crippen molar-refractivity contribution in [3.63, 3.8) is 0 Å². The van der Waals surface area contributed by atoms with Crippen LogP contribution in [0.15, 0.2) is 54.7 Å². The number of amides is 1. The summed E-state index contributed by atoms with van der Waals surface area (Å²) >= 11 is 0. The zero-order valence-electron chi connectivity index (χ0n) is 17.9. The number of nitrogens with zero attached hydrogens (tertiary/aromatic N) is 3. The van der Waals surface area contributed by atoms with Crippen LogP contribution in [-0.2, 0) is 16.1 Å². The summed E-state index contributed by atoms with van der Waals surface area (Å²) < 4.78 is 6.74. The van der Waals surface area contributed by atoms with E-state index in [0.717, 1.165) is 16.7 Å². The van der Waals surface area contributed by atoms with E-state index in [9.17, 15) is 9.59 Å². The van der Waals surface area contributed by atoms with Crippen molar-refractivity contribution < 1.29 is 14.3 Å². The zero-order valence-corrected chi connectivity index (χ0v) is 17.9. The van der Waals surface area contributed by atoms with Gasteiger partial charge in [0.2, 0.25) is 0 Å². The molecule has 1 heterocycles. The average Bonchev–Trinajstić information content (AvgIpc) is 3.13. The Kier molecular flexibility index (Phi) is 6.67. The topological polar surface area (TPSA) is 64.4 Å². The van der Waals surface area contributed by atoms with Crippen LogP contribution in [0.5, 0.6) is 0 Å². The zero-order chi connectivity index (χ0) is 21.7. The van der Waals surface area contributed by atoms with Crippen LogP contribution in [-0.4, -0.2) is 46.8 Å². The average molecular weight is 405 g/mol. The number of rotatable bonds is 7. The van der Waals surface area contributed by atoms with E-state index in [1.165, 1.54) is 10.5 Å². The molecule has 2 aromatic carbocycles. The number of esters is 1. The third-order valence-electron chi connectivity index (χ3n) is 4.80. The summed E-state index contributed by atoms with van der Waals surface area (Å²) in [5.74, 6) is -0.703. The van der Waals surface area contributed by atoms with Crippen molar-refractivity contribution in [2.75, 3.05) is 20.2 Å². The van der Waals surface area contributed by atoms with Crippen molar-refractivity contribution in [1.29, 1.82) is 0 Å². The Labute approximate surface area is 177 Å². The standard InChI is InChI=1S/C24H27N3O3/c1-5-30-22(28)16-26(4)24(29)21-15-27(14-19-10-6-17(2)7-11-19)25-23(21)20-12-8-18(3)9-13-20/h6-13,15H,5,14,16H2,1-4H3. The quantitative estimate of drug-likeness (QED) is 0.560. The first kappa shape index (κ1) is 21.3. The van der Waals surface area contributed by atoms with E-state index in [1.807, 2.05) is 38.1 Å². The minimum absolute atomic E-state index is 0.108. The molecule has 0 saturated carbocycles. The Morgan fingerprint density at radius 3 is 2.20 bits per heavy atom. The van der Waals surface area contributed by atoms with E-state index in [1.54, 1.807) is 24.9 Å². The second kappa shape index (κ2) is 9.39. The summed E-state index contributed by atoms with van der Waals surface area (Å²) in [6.45, 7) is 6.52. The van der Waals surface area contributed by atoms with Gasteiger partial charge in [0.05, 0.1) is 18.7 Å². The summed E-state index contributed by atoms with van der Waals surface area (Å²) in [7, 11) is 1.59. The lowest BCUT2D eigenvalue weighted by Crippen LogP contribution is -2.33. The normalized spacial score (nSPS) is 10.7. The highest BCUT2D eigenvalue weighted by molar-refractivity contribution is 6.00. The first-order chi connectivity index (χ1) is 14.4. The SMILES string of the molecule is CCOC(=O)CN(C)C(=O)c1cn(Cc2ccc(C)cc2)nc1-c1ccc(C)cc1. The predicted octanol–water partition coefficient (Wildman–Crippen LogP) is 3.85. The second-order valence-electron chi connectivity index (χ2n) is 7.41. The highest BCUT2D eigenvalue weighted by Gasteiger charge is 2.23. The molecule has 0 aliphatic carbocycles. The van der Waals surface area contributed by atoms with E-state index >= 15 is 0 Å². The molecule has 30 heavy (non-hydrogen) atoms. The molecule has 0 saturated heterocycles. The van der Waals surface area contributed by atoms with Gasteiger partial charge in [-0.3, -0.25) is 14.3 Å². The van der Waals surface area contributed by atoms with Gasteiger partial charge in [0.1, 0.15) is 12.2 Å². The summed E-state index contributed by atoms with van der Waals surface area (Å²) in [5.41, 5.74) is 5.33. The summed E-state index contributed by atoms with van der Waals surface area (Å²) in [4.78, 5) is 26.3. The van der Waals surface area contributed by atoms with E-state index in [0.29, 0.717) is 17.8 Å². The van der Waals surface area contributed by atoms with Crippen LogP contribution in [0.25, 0.3) is 11.3 Å². The van der Waals surface area contributed by atoms with Crippen molar-refractivity contribution in [3.05, 3.63) is 77.0 Å². The Hall–Kier alpha value is -3.41. The number of hydrogen-bond acceptors (Lipinski definition) is 4. The molecule has 0 aliphatic rings. The van der Waals surface area contributed by atoms with Gasteiger partial charge in [0.15, 0.2) is 0 Å². The molecule has 6 nitrogen and oxygen atoms in total. The van der Waals surface area contributed by atoms with Crippen LogP contribution in [0.4, 0.5) is 0 Å². The molecule has 3 aromatic rings. The van der Waals surface area contributed by atoms with E-state index in [4.69, 9.17) is 9.84 Å². The summed E-state index contributed by atoms with van der Waals surface area (Å²) in [6.07, 6.45) is 1.75. The number of carbonyl (C=O) groups excluding carboxylic acids is 2. The third kappa shape index (κ3) is 5.14. The number of carbonyl (C=O) groups is 2. The van der Waals surface area contributed by atoms with Crippen LogP contribution < -0.4 is 0 Å². The molecule has 0 bridgehead atoms. The van der Waals surface area contributed by atoms with Crippen molar-refractivity contribution >= 4 is 11.9 Å². The maximum absolute atomic E-state index is 13.1. The summed E-state index contributed by atoms with van der Waals surface area (Å²) in [5, 5.41) is 4.70. The highest BCUT2D eigenvalue weighted by atomic mass is 16.5. The van der Waals surface area contributed by atoms with Crippen LogP contribution >= 0.6 is 0 Å². The molecule has 0 atom stereocenters. The van der Waals surface area contributed by atoms with Crippen LogP contribution in [0.2, 0.25) is 0 Å². The number of aromatic nitrogens is 2. The van der Waals surface area contributed by atoms with Gasteiger partial charge in [-0.1, -0.05) is 59.7 Å². The van der Waals surface area contributed by atoms with Crippen molar-refractivity contribution in [1.82, 2.24) is 14.7 Å². The molecule has 0 spiro atoms. The van der Waals surface area contributed by atoms with E-state index < -0.39 is 5.97 Å². The Morgan fingerprint density at radius 2 is 1.60 bits per heavy atom. The number of likely N-dealkylation sites (N-methyl/N-ethyl adjacent to an activating group) is 1. The van der Waals surface area contributed by atoms with E-state index in [2.05, 4.69) is 24.3 Å². The maximum Gasteiger partial charge on any atom is 0.325 e. The largest absolute Gasteiger partial charge is 0.465 e. The van der Waals surface area contributed by atoms with Crippen molar-refractivity contribution in [2.45, 2.75) is 27.3 Å². The number of ether oxygens (including phenoxy) is 1. The molecule has 1 aromatic heterocycles. The smallest absolute Gasteiger partial charge is 0.325 e. The monoisotopic (exact) mass is 405 g/mol. The van der Waals surface area contributed by atoms with Gasteiger partial charge in [0, 0.05) is 18.8 Å². The fraction of sp³-hybridized carbons (Fsp3) is 0.292. The molecule has 0 fully saturated rings. The molecule has 6 heteroatoms. The lowest BCUT2D eigenvalue weighted by molar-refractivity contribution is -0.143. The van der Waals surface area contributed by atoms with Crippen LogP contribution in [0, 0.1) is 13.8 Å². The van der Waals surface area contributed by atoms with Gasteiger partial charge in [-0.15, -0.1) is 0 Å². The Bertz CT molecular complexity index is 1020. The lowest BCUT2D eigenvalue weighted by atomic mass is 10.1. The lowest BCUT2D eigenvalue weighted by Gasteiger charge is -2.16. The number of hydrogen-bond donors (Lipinski definition) is 0. The molecule has 3 rings (SSSR count). The maximum atomic E-state index is 13.1. The fourth-order valence-corrected chi connectivity index (χ4v) is 3.14. The molecule has 0 N–H and O–H groups in total. The fourth-order valence-electron chi connectivity index (χ4n) is 3.14. The van der Waals surface area contributed by atoms with Gasteiger partial charge in [-0.05, 0) is 26.3 Å². The molecule has 0 aliphatic heterocycles. The molecule has 0 radical (unpaired) electrons. The highest BCUT2D eigenvalue weighted by Crippen LogP contribution is 2.24. The number of benzene rings is 2. The van der Waals surface area contributed by atoms with Gasteiger partial charge in [-0.25, -0.2) is 0 Å². The van der Waals surface area contributed by atoms with Gasteiger partial charge < -0.3 is 9.64 Å². The van der Waals surface area contributed by atoms with Crippen molar-refractivity contribution in [2.24, 2.45) is 0 Å². The molecule has 156 valence electrons. The summed E-state index contributed by atoms with van der Waals surface area (Å²) in [6, 6.07) is 16.1. The minimum Gasteiger partial charge on any atom is -0.465 e. The predicted molar refractivity (Wildman–Crippen MR) is 116 cm³/mol. The minimum atomic E-state index is -0.433. The third-order valence-corrected chi connectivity index (χ3v) is 4.80. The second-order valence-corrected chi connectivity index (χ2v) is 7.41. The van der Waals surface area contributed by atoms with Gasteiger partial charge in [-0.2, -0.15) is 5.10 Å². The molecule has 0 unspecified atom stereocenters. The molecule has 1 amide bonds. The van der Waals surface area contributed by atoms with Crippen molar-refractivity contribution in [3.8, 4) is 11.3 Å². The number of aryl methyl sites for hydroxylation is 2. The van der Waals surface area contributed by atoms with E-state index in [-0.39, 0.29) is 19.1 Å². The van der Waals surface area contributed by atoms with Gasteiger partial charge >= 0.3 is 5.97 Å². The first-order valence-corrected chi connectivity index (χ1v) is 9.98. The van der Waals surface area contributed by atoms with Crippen LogP contribution in [0.3, 0.4) is 0 Å². The molecular formula is C24H27N3O3. The molecular weight excluding hydrogens is 378 g/mol. The Morgan fingerprint density at radius 1 is 1.00 bits per heavy atom. The Balaban J connectivity index is 1.93. The van der Waals surface area contributed by atoms with Gasteiger partial charge in [0.25, 0.3) is 5.91 Å². The first-order valence-electron chi connectivity index (χ1n) is 9.98. The van der Waals surface area contributed by atoms with Crippen LogP contribution in [0.1, 0.15) is 34.0 Å².